The van der Waals surface area contributed by atoms with Crippen molar-refractivity contribution >= 4 is 23.4 Å². The number of carbonyl (C=O) groups is 2. The fourth-order valence-corrected chi connectivity index (χ4v) is 2.40. The predicted molar refractivity (Wildman–Crippen MR) is 97.8 cm³/mol. The molecule has 0 unspecified atom stereocenters. The van der Waals surface area contributed by atoms with E-state index in [0.29, 0.717) is 17.1 Å². The van der Waals surface area contributed by atoms with E-state index in [1.807, 2.05) is 38.1 Å². The zero-order valence-electron chi connectivity index (χ0n) is 14.2. The van der Waals surface area contributed by atoms with Crippen LogP contribution in [0.3, 0.4) is 0 Å². The molecule has 2 amide bonds. The summed E-state index contributed by atoms with van der Waals surface area (Å²) < 4.78 is 5.71. The molecule has 6 heteroatoms. The summed E-state index contributed by atoms with van der Waals surface area (Å²) in [5.74, 6) is 0.0574. The minimum absolute atomic E-state index is 0.0479. The molecule has 0 fully saturated rings. The van der Waals surface area contributed by atoms with E-state index in [2.05, 4.69) is 10.6 Å². The molecule has 0 saturated heterocycles. The first-order valence-corrected chi connectivity index (χ1v) is 8.39. The van der Waals surface area contributed by atoms with Crippen LogP contribution in [0.25, 0.3) is 0 Å². The number of carbonyl (C=O) groups excluding carboxylic acids is 2. The molecule has 2 N–H and O–H groups in total. The van der Waals surface area contributed by atoms with Crippen LogP contribution >= 0.6 is 11.6 Å². The van der Waals surface area contributed by atoms with Crippen LogP contribution in [-0.4, -0.2) is 24.5 Å². The summed E-state index contributed by atoms with van der Waals surface area (Å²) in [6, 6.07) is 14.2. The lowest BCUT2D eigenvalue weighted by atomic mass is 10.2. The van der Waals surface area contributed by atoms with Crippen molar-refractivity contribution in [2.45, 2.75) is 26.5 Å². The van der Waals surface area contributed by atoms with Gasteiger partial charge in [0.05, 0.1) is 23.2 Å². The van der Waals surface area contributed by atoms with E-state index >= 15 is 0 Å². The number of hydrogen-bond donors (Lipinski definition) is 2. The Hall–Kier alpha value is -2.53. The molecule has 0 aliphatic carbocycles. The smallest absolute Gasteiger partial charge is 0.253 e. The molecule has 0 aromatic heterocycles. The van der Waals surface area contributed by atoms with E-state index in [4.69, 9.17) is 16.3 Å². The van der Waals surface area contributed by atoms with E-state index in [1.54, 1.807) is 24.3 Å². The lowest BCUT2D eigenvalue weighted by Crippen LogP contribution is -2.36. The van der Waals surface area contributed by atoms with Gasteiger partial charge in [-0.1, -0.05) is 41.9 Å². The molecule has 2 aromatic rings. The van der Waals surface area contributed by atoms with Crippen LogP contribution in [0.1, 0.15) is 29.8 Å². The molecule has 0 aliphatic heterocycles. The van der Waals surface area contributed by atoms with E-state index < -0.39 is 0 Å². The maximum absolute atomic E-state index is 12.0. The first kappa shape index (κ1) is 18.8. The molecule has 25 heavy (non-hydrogen) atoms. The monoisotopic (exact) mass is 360 g/mol. The van der Waals surface area contributed by atoms with Gasteiger partial charge in [-0.15, -0.1) is 0 Å². The number of nitrogens with one attached hydrogen (secondary N) is 2. The molecular weight excluding hydrogens is 340 g/mol. The Balaban J connectivity index is 1.85. The largest absolute Gasteiger partial charge is 0.491 e. The Bertz CT molecular complexity index is 747. The standard InChI is InChI=1S/C19H21ClN2O3/c1-13(2)25-17-10-6-3-7-14(17)11-21-18(23)12-22-19(24)15-8-4-5-9-16(15)20/h3-10,13H,11-12H2,1-2H3,(H,21,23)(H,22,24). The van der Waals surface area contributed by atoms with Gasteiger partial charge in [0.25, 0.3) is 5.91 Å². The lowest BCUT2D eigenvalue weighted by Gasteiger charge is -2.14. The normalized spacial score (nSPS) is 10.4. The number of benzene rings is 2. The van der Waals surface area contributed by atoms with Crippen molar-refractivity contribution in [3.05, 3.63) is 64.7 Å². The predicted octanol–water partition coefficient (Wildman–Crippen LogP) is 3.17. The number of rotatable bonds is 7. The average molecular weight is 361 g/mol. The number of ether oxygens (including phenoxy) is 1. The zero-order valence-corrected chi connectivity index (χ0v) is 15.0. The number of amides is 2. The van der Waals surface area contributed by atoms with Crippen molar-refractivity contribution in [1.82, 2.24) is 10.6 Å². The third-order valence-electron chi connectivity index (χ3n) is 3.34. The molecule has 5 nitrogen and oxygen atoms in total. The van der Waals surface area contributed by atoms with Crippen LogP contribution in [-0.2, 0) is 11.3 Å². The van der Waals surface area contributed by atoms with Crippen molar-refractivity contribution < 1.29 is 14.3 Å². The first-order chi connectivity index (χ1) is 12.0. The molecule has 0 atom stereocenters. The van der Waals surface area contributed by atoms with E-state index in [9.17, 15) is 9.59 Å². The van der Waals surface area contributed by atoms with Gasteiger partial charge in [0.2, 0.25) is 5.91 Å². The summed E-state index contributed by atoms with van der Waals surface area (Å²) >= 11 is 5.96. The number of hydrogen-bond acceptors (Lipinski definition) is 3. The topological polar surface area (TPSA) is 67.4 Å². The van der Waals surface area contributed by atoms with E-state index in [0.717, 1.165) is 11.3 Å². The minimum atomic E-state index is -0.385. The lowest BCUT2D eigenvalue weighted by molar-refractivity contribution is -0.120. The van der Waals surface area contributed by atoms with Gasteiger partial charge in [0, 0.05) is 12.1 Å². The molecule has 0 bridgehead atoms. The quantitative estimate of drug-likeness (QED) is 0.797. The molecule has 2 aromatic carbocycles. The molecule has 132 valence electrons. The summed E-state index contributed by atoms with van der Waals surface area (Å²) in [4.78, 5) is 24.0. The molecule has 0 heterocycles. The number of halogens is 1. The van der Waals surface area contributed by atoms with Gasteiger partial charge < -0.3 is 15.4 Å². The first-order valence-electron chi connectivity index (χ1n) is 8.01. The fraction of sp³-hybridized carbons (Fsp3) is 0.263. The van der Waals surface area contributed by atoms with Crippen molar-refractivity contribution in [3.63, 3.8) is 0 Å². The van der Waals surface area contributed by atoms with Crippen LogP contribution in [0.2, 0.25) is 5.02 Å². The van der Waals surface area contributed by atoms with Gasteiger partial charge >= 0.3 is 0 Å². The van der Waals surface area contributed by atoms with Crippen LogP contribution in [0.15, 0.2) is 48.5 Å². The minimum Gasteiger partial charge on any atom is -0.491 e. The zero-order chi connectivity index (χ0) is 18.2. The van der Waals surface area contributed by atoms with Crippen molar-refractivity contribution in [2.75, 3.05) is 6.54 Å². The summed E-state index contributed by atoms with van der Waals surface area (Å²) in [7, 11) is 0. The van der Waals surface area contributed by atoms with Crippen molar-refractivity contribution in [1.29, 1.82) is 0 Å². The van der Waals surface area contributed by atoms with Gasteiger partial charge in [-0.3, -0.25) is 9.59 Å². The molecule has 0 saturated carbocycles. The molecule has 0 spiro atoms. The highest BCUT2D eigenvalue weighted by Gasteiger charge is 2.11. The van der Waals surface area contributed by atoms with E-state index in [-0.39, 0.29) is 24.5 Å². The second kappa shape index (κ2) is 9.08. The maximum Gasteiger partial charge on any atom is 0.253 e. The molecule has 2 rings (SSSR count). The Morgan fingerprint density at radius 3 is 2.44 bits per heavy atom. The fourth-order valence-electron chi connectivity index (χ4n) is 2.18. The Labute approximate surface area is 152 Å². The Morgan fingerprint density at radius 2 is 1.72 bits per heavy atom. The van der Waals surface area contributed by atoms with E-state index in [1.165, 1.54) is 0 Å². The molecular formula is C19H21ClN2O3. The van der Waals surface area contributed by atoms with Gasteiger partial charge in [-0.2, -0.15) is 0 Å². The summed E-state index contributed by atoms with van der Waals surface area (Å²) in [6.45, 7) is 4.08. The van der Waals surface area contributed by atoms with Gasteiger partial charge in [-0.05, 0) is 32.0 Å². The molecule has 0 aliphatic rings. The van der Waals surface area contributed by atoms with Crippen LogP contribution in [0, 0.1) is 0 Å². The highest BCUT2D eigenvalue weighted by molar-refractivity contribution is 6.33. The van der Waals surface area contributed by atoms with Crippen molar-refractivity contribution in [3.8, 4) is 5.75 Å². The third-order valence-corrected chi connectivity index (χ3v) is 3.67. The maximum atomic E-state index is 12.0. The second-order valence-corrected chi connectivity index (χ2v) is 6.12. The SMILES string of the molecule is CC(C)Oc1ccccc1CNC(=O)CNC(=O)c1ccccc1Cl. The Kier molecular flexibility index (Phi) is 6.83. The summed E-state index contributed by atoms with van der Waals surface area (Å²) in [5.41, 5.74) is 1.22. The highest BCUT2D eigenvalue weighted by atomic mass is 35.5. The van der Waals surface area contributed by atoms with Gasteiger partial charge in [-0.25, -0.2) is 0 Å². The Morgan fingerprint density at radius 1 is 1.04 bits per heavy atom. The summed E-state index contributed by atoms with van der Waals surface area (Å²) in [5, 5.41) is 5.67. The van der Waals surface area contributed by atoms with Crippen molar-refractivity contribution in [2.24, 2.45) is 0 Å². The summed E-state index contributed by atoms with van der Waals surface area (Å²) in [6.07, 6.45) is 0.0479. The number of para-hydroxylation sites is 1. The van der Waals surface area contributed by atoms with Crippen LogP contribution in [0.4, 0.5) is 0 Å². The van der Waals surface area contributed by atoms with Crippen LogP contribution < -0.4 is 15.4 Å². The van der Waals surface area contributed by atoms with Gasteiger partial charge in [0.1, 0.15) is 5.75 Å². The van der Waals surface area contributed by atoms with Gasteiger partial charge in [0.15, 0.2) is 0 Å². The average Bonchev–Trinajstić information content (AvgIpc) is 2.59. The highest BCUT2D eigenvalue weighted by Crippen LogP contribution is 2.19. The molecule has 0 radical (unpaired) electrons. The van der Waals surface area contributed by atoms with Crippen LogP contribution in [0.5, 0.6) is 5.75 Å². The second-order valence-electron chi connectivity index (χ2n) is 5.71. The third kappa shape index (κ3) is 5.80.